The quantitative estimate of drug-likeness (QED) is 0.583. The van der Waals surface area contributed by atoms with Crippen molar-refractivity contribution in [2.45, 2.75) is 24.8 Å². The smallest absolute Gasteiger partial charge is 0.339 e. The van der Waals surface area contributed by atoms with Crippen LogP contribution in [-0.2, 0) is 14.3 Å². The van der Waals surface area contributed by atoms with Crippen molar-refractivity contribution in [2.24, 2.45) is 0 Å². The number of rotatable bonds is 9. The van der Waals surface area contributed by atoms with E-state index in [2.05, 4.69) is 29.2 Å². The maximum atomic E-state index is 12.1. The minimum absolute atomic E-state index is 0.335. The van der Waals surface area contributed by atoms with Crippen molar-refractivity contribution in [1.29, 1.82) is 0 Å². The van der Waals surface area contributed by atoms with Gasteiger partial charge < -0.3 is 19.1 Å². The molecule has 0 saturated carbocycles. The molecule has 2 aromatic rings. The van der Waals surface area contributed by atoms with E-state index in [4.69, 9.17) is 14.2 Å². The van der Waals surface area contributed by atoms with Gasteiger partial charge in [0.1, 0.15) is 12.4 Å². The van der Waals surface area contributed by atoms with Gasteiger partial charge in [0.05, 0.1) is 18.8 Å². The molecule has 150 valence electrons. The van der Waals surface area contributed by atoms with Gasteiger partial charge in [0, 0.05) is 23.8 Å². The molecule has 0 bridgehead atoms. The van der Waals surface area contributed by atoms with Crippen LogP contribution in [0.25, 0.3) is 0 Å². The molecule has 1 atom stereocenters. The minimum Gasteiger partial charge on any atom is -0.492 e. The summed E-state index contributed by atoms with van der Waals surface area (Å²) in [5, 5.41) is 0. The fourth-order valence-corrected chi connectivity index (χ4v) is 4.21. The number of hydrogen-bond acceptors (Lipinski definition) is 6. The summed E-state index contributed by atoms with van der Waals surface area (Å²) in [6.07, 6.45) is -0.693. The fraction of sp³-hybridized carbons (Fsp3) is 0.409. The second-order valence-electron chi connectivity index (χ2n) is 6.31. The number of para-hydroxylation sites is 1. The zero-order valence-corrected chi connectivity index (χ0v) is 17.2. The second-order valence-corrected chi connectivity index (χ2v) is 7.44. The van der Waals surface area contributed by atoms with Gasteiger partial charge in [0.15, 0.2) is 6.10 Å². The van der Waals surface area contributed by atoms with E-state index in [1.165, 1.54) is 10.6 Å². The zero-order chi connectivity index (χ0) is 19.8. The minimum atomic E-state index is -0.693. The molecule has 0 radical (unpaired) electrons. The summed E-state index contributed by atoms with van der Waals surface area (Å²) in [7, 11) is 0. The monoisotopic (exact) mass is 401 g/mol. The molecule has 0 aromatic heterocycles. The maximum Gasteiger partial charge on any atom is 0.339 e. The lowest BCUT2D eigenvalue weighted by Gasteiger charge is -2.30. The van der Waals surface area contributed by atoms with E-state index in [1.807, 2.05) is 43.0 Å². The van der Waals surface area contributed by atoms with Crippen molar-refractivity contribution in [1.82, 2.24) is 0 Å². The van der Waals surface area contributed by atoms with Gasteiger partial charge in [-0.15, -0.1) is 11.8 Å². The first-order valence-corrected chi connectivity index (χ1v) is 10.7. The number of esters is 1. The van der Waals surface area contributed by atoms with Gasteiger partial charge in [-0.1, -0.05) is 24.3 Å². The third kappa shape index (κ3) is 5.20. The number of benzene rings is 2. The molecule has 3 rings (SSSR count). The highest BCUT2D eigenvalue weighted by molar-refractivity contribution is 7.99. The Morgan fingerprint density at radius 3 is 2.64 bits per heavy atom. The molecule has 1 unspecified atom stereocenters. The van der Waals surface area contributed by atoms with Crippen LogP contribution < -0.4 is 9.64 Å². The van der Waals surface area contributed by atoms with Crippen molar-refractivity contribution < 1.29 is 19.0 Å². The molecule has 0 saturated heterocycles. The van der Waals surface area contributed by atoms with Crippen LogP contribution in [0.3, 0.4) is 0 Å². The van der Waals surface area contributed by atoms with Crippen LogP contribution in [-0.4, -0.2) is 44.6 Å². The van der Waals surface area contributed by atoms with E-state index in [0.29, 0.717) is 19.8 Å². The molecule has 0 spiro atoms. The van der Waals surface area contributed by atoms with Crippen LogP contribution in [0.2, 0.25) is 0 Å². The molecule has 5 nitrogen and oxygen atoms in total. The summed E-state index contributed by atoms with van der Waals surface area (Å²) in [4.78, 5) is 15.8. The van der Waals surface area contributed by atoms with Crippen molar-refractivity contribution in [3.8, 4) is 5.75 Å². The van der Waals surface area contributed by atoms with Gasteiger partial charge in [-0.2, -0.15) is 0 Å². The highest BCUT2D eigenvalue weighted by atomic mass is 32.2. The molecule has 0 amide bonds. The maximum absolute atomic E-state index is 12.1. The van der Waals surface area contributed by atoms with E-state index < -0.39 is 6.10 Å². The van der Waals surface area contributed by atoms with E-state index >= 15 is 0 Å². The Bertz CT molecular complexity index is 765. The van der Waals surface area contributed by atoms with Crippen molar-refractivity contribution in [2.75, 3.05) is 43.6 Å². The molecule has 0 fully saturated rings. The molecule has 6 heteroatoms. The van der Waals surface area contributed by atoms with Gasteiger partial charge in [-0.05, 0) is 43.7 Å². The van der Waals surface area contributed by atoms with Gasteiger partial charge in [0.25, 0.3) is 0 Å². The second kappa shape index (κ2) is 10.4. The summed E-state index contributed by atoms with van der Waals surface area (Å²) < 4.78 is 16.6. The zero-order valence-electron chi connectivity index (χ0n) is 16.4. The molecule has 1 heterocycles. The third-order valence-electron chi connectivity index (χ3n) is 4.47. The molecule has 1 aliphatic rings. The summed E-state index contributed by atoms with van der Waals surface area (Å²) in [5.41, 5.74) is 2.06. The van der Waals surface area contributed by atoms with E-state index in [1.54, 1.807) is 6.92 Å². The lowest BCUT2D eigenvalue weighted by atomic mass is 10.1. The average molecular weight is 402 g/mol. The van der Waals surface area contributed by atoms with Crippen LogP contribution in [0.4, 0.5) is 5.69 Å². The Morgan fingerprint density at radius 2 is 1.89 bits per heavy atom. The number of ether oxygens (including phenoxy) is 3. The van der Waals surface area contributed by atoms with E-state index in [-0.39, 0.29) is 5.97 Å². The molecule has 28 heavy (non-hydrogen) atoms. The van der Waals surface area contributed by atoms with Crippen LogP contribution in [0.15, 0.2) is 53.4 Å². The molecule has 1 aliphatic heterocycles. The van der Waals surface area contributed by atoms with Crippen molar-refractivity contribution in [3.63, 3.8) is 0 Å². The van der Waals surface area contributed by atoms with Gasteiger partial charge in [-0.3, -0.25) is 0 Å². The first kappa shape index (κ1) is 20.6. The SMILES string of the molecule is CCOC(=O)C(OCC)c1ccc(OCCN2CCSc3ccccc32)cc1. The lowest BCUT2D eigenvalue weighted by molar-refractivity contribution is -0.157. The number of fused-ring (bicyclic) bond motifs is 1. The molecule has 2 aromatic carbocycles. The van der Waals surface area contributed by atoms with Crippen molar-refractivity contribution in [3.05, 3.63) is 54.1 Å². The molecular weight excluding hydrogens is 374 g/mol. The molecular formula is C22H27NO4S. The largest absolute Gasteiger partial charge is 0.492 e. The summed E-state index contributed by atoms with van der Waals surface area (Å²) in [5.74, 6) is 1.51. The normalized spacial score (nSPS) is 14.3. The van der Waals surface area contributed by atoms with Crippen LogP contribution in [0, 0.1) is 0 Å². The van der Waals surface area contributed by atoms with Crippen LogP contribution in [0.1, 0.15) is 25.5 Å². The summed E-state index contributed by atoms with van der Waals surface area (Å²) in [6.45, 7) is 6.89. The predicted molar refractivity (Wildman–Crippen MR) is 112 cm³/mol. The number of nitrogens with zero attached hydrogens (tertiary/aromatic N) is 1. The van der Waals surface area contributed by atoms with E-state index in [9.17, 15) is 4.79 Å². The average Bonchev–Trinajstić information content (AvgIpc) is 2.73. The topological polar surface area (TPSA) is 48.0 Å². The van der Waals surface area contributed by atoms with Gasteiger partial charge in [-0.25, -0.2) is 4.79 Å². The van der Waals surface area contributed by atoms with Crippen LogP contribution >= 0.6 is 11.8 Å². The molecule has 0 aliphatic carbocycles. The van der Waals surface area contributed by atoms with E-state index in [0.717, 1.165) is 30.2 Å². The first-order chi connectivity index (χ1) is 13.7. The standard InChI is InChI=1S/C22H27NO4S/c1-3-25-21(22(24)26-4-2)17-9-11-18(12-10-17)27-15-13-23-14-16-28-20-8-6-5-7-19(20)23/h5-12,21H,3-4,13-16H2,1-2H3. The fourth-order valence-electron chi connectivity index (χ4n) is 3.16. The number of anilines is 1. The van der Waals surface area contributed by atoms with Gasteiger partial charge in [0.2, 0.25) is 0 Å². The Hall–Kier alpha value is -2.18. The highest BCUT2D eigenvalue weighted by Gasteiger charge is 2.22. The Kier molecular flexibility index (Phi) is 7.62. The predicted octanol–water partition coefficient (Wildman–Crippen LogP) is 4.32. The summed E-state index contributed by atoms with van der Waals surface area (Å²) in [6, 6.07) is 16.0. The Balaban J connectivity index is 1.55. The first-order valence-electron chi connectivity index (χ1n) is 9.70. The number of carbonyl (C=O) groups is 1. The summed E-state index contributed by atoms with van der Waals surface area (Å²) >= 11 is 1.90. The third-order valence-corrected chi connectivity index (χ3v) is 5.51. The Labute approximate surface area is 171 Å². The van der Waals surface area contributed by atoms with Gasteiger partial charge >= 0.3 is 5.97 Å². The number of hydrogen-bond donors (Lipinski definition) is 0. The van der Waals surface area contributed by atoms with Crippen molar-refractivity contribution >= 4 is 23.4 Å². The van der Waals surface area contributed by atoms with Crippen LogP contribution in [0.5, 0.6) is 5.75 Å². The Morgan fingerprint density at radius 1 is 1.11 bits per heavy atom. The lowest BCUT2D eigenvalue weighted by Crippen LogP contribution is -2.33. The molecule has 0 N–H and O–H groups in total. The number of carbonyl (C=O) groups excluding carboxylic acids is 1. The number of thioether (sulfide) groups is 1. The highest BCUT2D eigenvalue weighted by Crippen LogP contribution is 2.34.